The molecule has 1 heterocycles. The standard InChI is InChI=1S/C18H18ClFN4O4.2CH5N/c1-22-18(28)13(6-15(21)25)23-17(27)10-7-24(8-2-3-8)14-5-11(19)12(20)4-9(14)16(10)26;2*1-2/h4-5,7-8,13H,2-3,6H2,1H3,(H2,21,25)(H,22,28)(H,23,27);2*2H2,1H3/t13-;;/m0../s1. The first kappa shape index (κ1) is 27.0. The molecule has 0 aliphatic heterocycles. The zero-order valence-electron chi connectivity index (χ0n) is 18.1. The third-order valence-corrected chi connectivity index (χ3v) is 4.82. The van der Waals surface area contributed by atoms with Crippen molar-refractivity contribution < 1.29 is 18.8 Å². The maximum absolute atomic E-state index is 13.9. The number of primary amides is 1. The van der Waals surface area contributed by atoms with Gasteiger partial charge in [-0.05, 0) is 39.1 Å². The topological polar surface area (TPSA) is 175 Å². The number of benzene rings is 1. The van der Waals surface area contributed by atoms with Crippen LogP contribution in [0.15, 0.2) is 23.1 Å². The van der Waals surface area contributed by atoms with Gasteiger partial charge in [-0.2, -0.15) is 0 Å². The third-order valence-electron chi connectivity index (χ3n) is 4.53. The second-order valence-corrected chi connectivity index (χ2v) is 7.01. The van der Waals surface area contributed by atoms with E-state index in [1.807, 2.05) is 0 Å². The van der Waals surface area contributed by atoms with E-state index in [-0.39, 0.29) is 22.0 Å². The molecule has 32 heavy (non-hydrogen) atoms. The van der Waals surface area contributed by atoms with Crippen LogP contribution in [-0.4, -0.2) is 49.5 Å². The van der Waals surface area contributed by atoms with Crippen molar-refractivity contribution in [2.24, 2.45) is 17.2 Å². The van der Waals surface area contributed by atoms with Crippen molar-refractivity contribution in [1.82, 2.24) is 15.2 Å². The lowest BCUT2D eigenvalue weighted by Crippen LogP contribution is -2.48. The molecule has 1 saturated carbocycles. The summed E-state index contributed by atoms with van der Waals surface area (Å²) in [5.74, 6) is -3.05. The SMILES string of the molecule is CN.CN.CNC(=O)[C@H](CC(N)=O)NC(=O)c1cn(C2CC2)c2cc(Cl)c(F)cc2c1=O. The number of fused-ring (bicyclic) bond motifs is 1. The maximum atomic E-state index is 13.9. The van der Waals surface area contributed by atoms with E-state index in [1.54, 1.807) is 4.57 Å². The molecule has 2 aromatic rings. The first-order valence-corrected chi connectivity index (χ1v) is 10.1. The Bertz CT molecular complexity index is 1050. The van der Waals surface area contributed by atoms with Crippen LogP contribution in [0.1, 0.15) is 35.7 Å². The molecule has 8 N–H and O–H groups in total. The molecule has 176 valence electrons. The van der Waals surface area contributed by atoms with Gasteiger partial charge in [0.2, 0.25) is 17.2 Å². The van der Waals surface area contributed by atoms with E-state index in [2.05, 4.69) is 22.1 Å². The minimum atomic E-state index is -1.23. The summed E-state index contributed by atoms with van der Waals surface area (Å²) >= 11 is 5.85. The van der Waals surface area contributed by atoms with Crippen LogP contribution in [0.25, 0.3) is 10.9 Å². The Balaban J connectivity index is 0.00000121. The summed E-state index contributed by atoms with van der Waals surface area (Å²) in [5.41, 5.74) is 13.6. The summed E-state index contributed by atoms with van der Waals surface area (Å²) in [6.45, 7) is 0. The summed E-state index contributed by atoms with van der Waals surface area (Å²) < 4.78 is 15.6. The number of amides is 3. The molecule has 0 bridgehead atoms. The molecule has 0 spiro atoms. The zero-order valence-corrected chi connectivity index (χ0v) is 18.8. The third kappa shape index (κ3) is 6.25. The van der Waals surface area contributed by atoms with E-state index in [0.29, 0.717) is 5.52 Å². The number of aromatic nitrogens is 1. The van der Waals surface area contributed by atoms with E-state index in [1.165, 1.54) is 33.4 Å². The number of hydrogen-bond acceptors (Lipinski definition) is 6. The van der Waals surface area contributed by atoms with Gasteiger partial charge in [0, 0.05) is 24.7 Å². The minimum Gasteiger partial charge on any atom is -0.370 e. The molecular weight excluding hydrogens is 443 g/mol. The highest BCUT2D eigenvalue weighted by Crippen LogP contribution is 2.37. The number of nitrogens with two attached hydrogens (primary N) is 3. The van der Waals surface area contributed by atoms with Gasteiger partial charge in [0.25, 0.3) is 5.91 Å². The lowest BCUT2D eigenvalue weighted by molar-refractivity contribution is -0.126. The summed E-state index contributed by atoms with van der Waals surface area (Å²) in [6.07, 6.45) is 2.63. The molecule has 0 radical (unpaired) electrons. The molecule has 12 heteroatoms. The Labute approximate surface area is 189 Å². The number of halogens is 2. The number of nitrogens with one attached hydrogen (secondary N) is 2. The van der Waals surface area contributed by atoms with Crippen molar-refractivity contribution in [2.75, 3.05) is 21.1 Å². The zero-order chi connectivity index (χ0) is 24.6. The predicted octanol–water partition coefficient (Wildman–Crippen LogP) is -0.00150. The van der Waals surface area contributed by atoms with Crippen LogP contribution in [0.4, 0.5) is 4.39 Å². The first-order chi connectivity index (χ1) is 15.2. The van der Waals surface area contributed by atoms with E-state index in [9.17, 15) is 23.6 Å². The van der Waals surface area contributed by atoms with Crippen LogP contribution < -0.4 is 33.3 Å². The molecule has 3 rings (SSSR count). The average molecular weight is 471 g/mol. The summed E-state index contributed by atoms with van der Waals surface area (Å²) in [7, 11) is 4.34. The van der Waals surface area contributed by atoms with E-state index >= 15 is 0 Å². The second-order valence-electron chi connectivity index (χ2n) is 6.60. The molecular formula is C20H28ClFN6O4. The van der Waals surface area contributed by atoms with Gasteiger partial charge in [-0.1, -0.05) is 11.6 Å². The fourth-order valence-electron chi connectivity index (χ4n) is 2.98. The van der Waals surface area contributed by atoms with Crippen LogP contribution in [0.5, 0.6) is 0 Å². The number of likely N-dealkylation sites (N-methyl/N-ethyl adjacent to an activating group) is 1. The first-order valence-electron chi connectivity index (χ1n) is 9.73. The van der Waals surface area contributed by atoms with Gasteiger partial charge in [-0.25, -0.2) is 4.39 Å². The number of carbonyl (C=O) groups is 3. The highest BCUT2D eigenvalue weighted by molar-refractivity contribution is 6.31. The highest BCUT2D eigenvalue weighted by Gasteiger charge is 2.29. The number of pyridine rings is 1. The van der Waals surface area contributed by atoms with Crippen LogP contribution in [0.2, 0.25) is 5.02 Å². The predicted molar refractivity (Wildman–Crippen MR) is 121 cm³/mol. The van der Waals surface area contributed by atoms with Crippen molar-refractivity contribution in [3.8, 4) is 0 Å². The highest BCUT2D eigenvalue weighted by atomic mass is 35.5. The van der Waals surface area contributed by atoms with Crippen molar-refractivity contribution >= 4 is 40.2 Å². The Morgan fingerprint density at radius 2 is 1.81 bits per heavy atom. The van der Waals surface area contributed by atoms with Gasteiger partial charge in [0.15, 0.2) is 0 Å². The quantitative estimate of drug-likeness (QED) is 0.397. The molecule has 1 fully saturated rings. The lowest BCUT2D eigenvalue weighted by Gasteiger charge is -2.17. The van der Waals surface area contributed by atoms with Crippen LogP contribution >= 0.6 is 11.6 Å². The van der Waals surface area contributed by atoms with E-state index in [4.69, 9.17) is 17.3 Å². The molecule has 3 amide bonds. The lowest BCUT2D eigenvalue weighted by atomic mass is 10.1. The van der Waals surface area contributed by atoms with Gasteiger partial charge < -0.3 is 32.4 Å². The van der Waals surface area contributed by atoms with Gasteiger partial charge in [0.1, 0.15) is 17.4 Å². The van der Waals surface area contributed by atoms with Crippen LogP contribution in [0.3, 0.4) is 0 Å². The number of carbonyl (C=O) groups excluding carboxylic acids is 3. The number of hydrogen-bond donors (Lipinski definition) is 5. The molecule has 1 aromatic carbocycles. The average Bonchev–Trinajstić information content (AvgIpc) is 3.62. The molecule has 1 atom stereocenters. The smallest absolute Gasteiger partial charge is 0.257 e. The molecule has 0 unspecified atom stereocenters. The number of rotatable bonds is 6. The molecule has 0 saturated heterocycles. The van der Waals surface area contributed by atoms with Crippen molar-refractivity contribution in [3.63, 3.8) is 0 Å². The van der Waals surface area contributed by atoms with Gasteiger partial charge >= 0.3 is 0 Å². The van der Waals surface area contributed by atoms with Crippen LogP contribution in [-0.2, 0) is 9.59 Å². The van der Waals surface area contributed by atoms with Crippen molar-refractivity contribution in [1.29, 1.82) is 0 Å². The Kier molecular flexibility index (Phi) is 10.2. The second kappa shape index (κ2) is 12.1. The monoisotopic (exact) mass is 470 g/mol. The number of nitrogens with zero attached hydrogens (tertiary/aromatic N) is 1. The maximum Gasteiger partial charge on any atom is 0.257 e. The Hall–Kier alpha value is -3.02. The van der Waals surface area contributed by atoms with Crippen molar-refractivity contribution in [2.45, 2.75) is 31.3 Å². The fraction of sp³-hybridized carbons (Fsp3) is 0.400. The Morgan fingerprint density at radius 3 is 2.31 bits per heavy atom. The molecule has 1 aliphatic carbocycles. The van der Waals surface area contributed by atoms with Gasteiger partial charge in [-0.3, -0.25) is 19.2 Å². The van der Waals surface area contributed by atoms with Crippen LogP contribution in [0, 0.1) is 5.82 Å². The Morgan fingerprint density at radius 1 is 1.22 bits per heavy atom. The fourth-order valence-corrected chi connectivity index (χ4v) is 3.14. The summed E-state index contributed by atoms with van der Waals surface area (Å²) in [6, 6.07) is 1.18. The molecule has 10 nitrogen and oxygen atoms in total. The molecule has 1 aromatic heterocycles. The van der Waals surface area contributed by atoms with Crippen molar-refractivity contribution in [3.05, 3.63) is 45.0 Å². The van der Waals surface area contributed by atoms with E-state index in [0.717, 1.165) is 18.9 Å². The minimum absolute atomic E-state index is 0.00726. The largest absolute Gasteiger partial charge is 0.370 e. The molecule has 1 aliphatic rings. The van der Waals surface area contributed by atoms with E-state index < -0.39 is 41.4 Å². The summed E-state index contributed by atoms with van der Waals surface area (Å²) in [4.78, 5) is 48.6. The van der Waals surface area contributed by atoms with Gasteiger partial charge in [-0.15, -0.1) is 0 Å². The van der Waals surface area contributed by atoms with Gasteiger partial charge in [0.05, 0.1) is 17.0 Å². The normalized spacial score (nSPS) is 13.1. The summed E-state index contributed by atoms with van der Waals surface area (Å²) in [5, 5.41) is 4.55.